The van der Waals surface area contributed by atoms with Crippen molar-refractivity contribution < 1.29 is 13.2 Å². The normalized spacial score (nSPS) is 19.8. The van der Waals surface area contributed by atoms with Crippen molar-refractivity contribution in [1.29, 1.82) is 0 Å². The van der Waals surface area contributed by atoms with Crippen molar-refractivity contribution in [2.75, 3.05) is 11.4 Å². The summed E-state index contributed by atoms with van der Waals surface area (Å²) in [6.45, 7) is 0.727. The van der Waals surface area contributed by atoms with Gasteiger partial charge in [-0.05, 0) is 12.8 Å². The first kappa shape index (κ1) is 13.4. The Morgan fingerprint density at radius 1 is 1.35 bits per heavy atom. The minimum Gasteiger partial charge on any atom is -0.341 e. The van der Waals surface area contributed by atoms with E-state index in [9.17, 15) is 13.2 Å². The molecule has 1 unspecified atom stereocenters. The van der Waals surface area contributed by atoms with Crippen molar-refractivity contribution in [1.82, 2.24) is 14.8 Å². The second-order valence-corrected chi connectivity index (χ2v) is 5.81. The summed E-state index contributed by atoms with van der Waals surface area (Å²) in [7, 11) is 1.83. The lowest BCUT2D eigenvalue weighted by Gasteiger charge is -2.22. The van der Waals surface area contributed by atoms with E-state index < -0.39 is 11.1 Å². The summed E-state index contributed by atoms with van der Waals surface area (Å²) in [5, 5.41) is 4.56. The first-order valence-electron chi connectivity index (χ1n) is 6.23. The Morgan fingerprint density at radius 3 is 2.75 bits per heavy atom. The lowest BCUT2D eigenvalue weighted by Crippen LogP contribution is -2.21. The van der Waals surface area contributed by atoms with E-state index in [0.29, 0.717) is 16.5 Å². The summed E-state index contributed by atoms with van der Waals surface area (Å²) in [4.78, 5) is 5.24. The van der Waals surface area contributed by atoms with Crippen LogP contribution < -0.4 is 4.90 Å². The van der Waals surface area contributed by atoms with Gasteiger partial charge in [-0.15, -0.1) is 0 Å². The minimum absolute atomic E-state index is 0.0657. The van der Waals surface area contributed by atoms with Crippen molar-refractivity contribution in [2.45, 2.75) is 25.1 Å². The van der Waals surface area contributed by atoms with Gasteiger partial charge in [-0.25, -0.2) is 4.98 Å². The van der Waals surface area contributed by atoms with E-state index in [2.05, 4.69) is 10.1 Å². The Kier molecular flexibility index (Phi) is 3.19. The first-order valence-corrected chi connectivity index (χ1v) is 7.05. The second kappa shape index (κ2) is 4.76. The summed E-state index contributed by atoms with van der Waals surface area (Å²) < 4.78 is 39.7. The van der Waals surface area contributed by atoms with Crippen LogP contribution >= 0.6 is 11.3 Å². The highest BCUT2D eigenvalue weighted by Gasteiger charge is 2.36. The van der Waals surface area contributed by atoms with Gasteiger partial charge in [-0.1, -0.05) is 11.3 Å². The third kappa shape index (κ3) is 2.39. The van der Waals surface area contributed by atoms with Crippen molar-refractivity contribution in [3.05, 3.63) is 29.0 Å². The third-order valence-corrected chi connectivity index (χ3v) is 4.46. The highest BCUT2D eigenvalue weighted by Crippen LogP contribution is 2.41. The van der Waals surface area contributed by atoms with Gasteiger partial charge in [0.1, 0.15) is 4.88 Å². The molecule has 0 saturated carbocycles. The number of aromatic nitrogens is 3. The van der Waals surface area contributed by atoms with Crippen LogP contribution in [0.15, 0.2) is 18.6 Å². The molecule has 1 fully saturated rings. The van der Waals surface area contributed by atoms with Gasteiger partial charge in [-0.2, -0.15) is 18.3 Å². The largest absolute Gasteiger partial charge is 0.427 e. The Hall–Kier alpha value is -1.57. The van der Waals surface area contributed by atoms with E-state index in [1.54, 1.807) is 10.9 Å². The Bertz CT molecular complexity index is 604. The molecule has 2 aromatic heterocycles. The monoisotopic (exact) mass is 302 g/mol. The summed E-state index contributed by atoms with van der Waals surface area (Å²) in [6, 6.07) is 0.0657. The van der Waals surface area contributed by atoms with Crippen LogP contribution in [0, 0.1) is 0 Å². The van der Waals surface area contributed by atoms with Crippen molar-refractivity contribution in [3.63, 3.8) is 0 Å². The molecular weight excluding hydrogens is 289 g/mol. The molecule has 1 saturated heterocycles. The molecular formula is C12H13F3N4S. The quantitative estimate of drug-likeness (QED) is 0.854. The summed E-state index contributed by atoms with van der Waals surface area (Å²) in [5.41, 5.74) is 1.02. The average molecular weight is 302 g/mol. The van der Waals surface area contributed by atoms with E-state index in [1.807, 2.05) is 18.1 Å². The van der Waals surface area contributed by atoms with Crippen molar-refractivity contribution in [2.24, 2.45) is 7.05 Å². The van der Waals surface area contributed by atoms with Gasteiger partial charge in [0, 0.05) is 25.4 Å². The molecule has 3 rings (SSSR count). The predicted octanol–water partition coefficient (Wildman–Crippen LogP) is 3.24. The highest BCUT2D eigenvalue weighted by molar-refractivity contribution is 7.15. The zero-order chi connectivity index (χ0) is 14.3. The van der Waals surface area contributed by atoms with E-state index in [4.69, 9.17) is 0 Å². The van der Waals surface area contributed by atoms with Crippen LogP contribution in [0.2, 0.25) is 0 Å². The van der Waals surface area contributed by atoms with E-state index in [0.717, 1.165) is 31.1 Å². The number of hydrogen-bond acceptors (Lipinski definition) is 4. The molecule has 0 aliphatic carbocycles. The van der Waals surface area contributed by atoms with Crippen LogP contribution in [0.4, 0.5) is 18.3 Å². The zero-order valence-electron chi connectivity index (χ0n) is 10.8. The number of halogens is 3. The fourth-order valence-electron chi connectivity index (χ4n) is 2.48. The van der Waals surface area contributed by atoms with Gasteiger partial charge in [0.15, 0.2) is 5.13 Å². The highest BCUT2D eigenvalue weighted by atomic mass is 32.1. The van der Waals surface area contributed by atoms with E-state index in [1.165, 1.54) is 0 Å². The molecule has 0 bridgehead atoms. The molecule has 1 atom stereocenters. The molecule has 4 nitrogen and oxygen atoms in total. The summed E-state index contributed by atoms with van der Waals surface area (Å²) in [6.07, 6.45) is 2.12. The maximum absolute atomic E-state index is 12.7. The third-order valence-electron chi connectivity index (χ3n) is 3.38. The number of nitrogens with zero attached hydrogens (tertiary/aromatic N) is 4. The molecule has 0 radical (unpaired) electrons. The second-order valence-electron chi connectivity index (χ2n) is 4.80. The first-order chi connectivity index (χ1) is 9.45. The molecule has 1 aliphatic heterocycles. The van der Waals surface area contributed by atoms with Crippen LogP contribution in [0.5, 0.6) is 0 Å². The number of aryl methyl sites for hydroxylation is 1. The van der Waals surface area contributed by atoms with Gasteiger partial charge in [0.05, 0.1) is 18.4 Å². The molecule has 0 aromatic carbocycles. The van der Waals surface area contributed by atoms with Gasteiger partial charge < -0.3 is 4.90 Å². The van der Waals surface area contributed by atoms with Crippen molar-refractivity contribution in [3.8, 4) is 0 Å². The molecule has 20 heavy (non-hydrogen) atoms. The lowest BCUT2D eigenvalue weighted by atomic mass is 10.1. The summed E-state index contributed by atoms with van der Waals surface area (Å²) in [5.74, 6) is 0. The summed E-state index contributed by atoms with van der Waals surface area (Å²) >= 11 is 0.705. The average Bonchev–Trinajstić information content (AvgIpc) is 3.06. The molecule has 2 aromatic rings. The molecule has 8 heteroatoms. The number of alkyl halides is 3. The van der Waals surface area contributed by atoms with Crippen LogP contribution in [0.1, 0.15) is 29.3 Å². The van der Waals surface area contributed by atoms with Crippen LogP contribution in [-0.2, 0) is 13.2 Å². The van der Waals surface area contributed by atoms with Gasteiger partial charge in [-0.3, -0.25) is 4.68 Å². The Morgan fingerprint density at radius 2 is 2.15 bits per heavy atom. The van der Waals surface area contributed by atoms with Gasteiger partial charge in [0.25, 0.3) is 0 Å². The van der Waals surface area contributed by atoms with Crippen LogP contribution in [0.3, 0.4) is 0 Å². The lowest BCUT2D eigenvalue weighted by molar-refractivity contribution is -0.134. The van der Waals surface area contributed by atoms with Gasteiger partial charge >= 0.3 is 6.18 Å². The predicted molar refractivity (Wildman–Crippen MR) is 69.6 cm³/mol. The molecule has 0 amide bonds. The van der Waals surface area contributed by atoms with Gasteiger partial charge in [0.2, 0.25) is 0 Å². The van der Waals surface area contributed by atoms with E-state index in [-0.39, 0.29) is 6.04 Å². The molecule has 3 heterocycles. The maximum Gasteiger partial charge on any atom is 0.427 e. The van der Waals surface area contributed by atoms with Crippen LogP contribution in [-0.4, -0.2) is 21.3 Å². The molecule has 108 valence electrons. The Labute approximate surface area is 117 Å². The smallest absolute Gasteiger partial charge is 0.341 e. The number of hydrogen-bond donors (Lipinski definition) is 0. The number of rotatable bonds is 2. The zero-order valence-corrected chi connectivity index (χ0v) is 11.6. The topological polar surface area (TPSA) is 34.0 Å². The standard InChI is InChI=1S/C12H13F3N4S/c1-18-7-8(5-17-18)9-3-2-4-19(9)11-16-6-10(20-11)12(13,14)15/h5-7,9H,2-4H2,1H3. The SMILES string of the molecule is Cn1cc(C2CCCN2c2ncc(C(F)(F)F)s2)cn1. The number of anilines is 1. The molecule has 0 N–H and O–H groups in total. The fraction of sp³-hybridized carbons (Fsp3) is 0.500. The molecule has 0 spiro atoms. The van der Waals surface area contributed by atoms with Crippen LogP contribution in [0.25, 0.3) is 0 Å². The minimum atomic E-state index is -4.32. The fourth-order valence-corrected chi connectivity index (χ4v) is 3.34. The molecule has 1 aliphatic rings. The Balaban J connectivity index is 1.87. The van der Waals surface area contributed by atoms with E-state index >= 15 is 0 Å². The number of thiazole rings is 1. The maximum atomic E-state index is 12.7. The van der Waals surface area contributed by atoms with Crippen molar-refractivity contribution >= 4 is 16.5 Å².